The molecule has 28 heavy (non-hydrogen) atoms. The third kappa shape index (κ3) is 3.68. The molecule has 8 nitrogen and oxygen atoms in total. The monoisotopic (exact) mass is 396 g/mol. The Morgan fingerprint density at radius 2 is 1.50 bits per heavy atom. The highest BCUT2D eigenvalue weighted by molar-refractivity contribution is 5.89. The molecular weight excluding hydrogens is 368 g/mol. The molecule has 0 saturated heterocycles. The number of ether oxygens (including phenoxy) is 6. The summed E-state index contributed by atoms with van der Waals surface area (Å²) in [6.07, 6.45) is 0.766. The largest absolute Gasteiger partial charge is 0.498 e. The number of rotatable bonds is 9. The molecule has 8 heteroatoms. The highest BCUT2D eigenvalue weighted by Crippen LogP contribution is 2.48. The fourth-order valence-corrected chi connectivity index (χ4v) is 3.49. The summed E-state index contributed by atoms with van der Waals surface area (Å²) in [5.41, 5.74) is 2.14. The van der Waals surface area contributed by atoms with Crippen LogP contribution in [0.15, 0.2) is 23.5 Å². The molecule has 2 atom stereocenters. The Balaban J connectivity index is 2.92. The molecule has 1 aromatic carbocycles. The summed E-state index contributed by atoms with van der Waals surface area (Å²) in [6.45, 7) is -0.572. The van der Waals surface area contributed by atoms with Crippen LogP contribution in [0.4, 0.5) is 0 Å². The number of aliphatic hydroxyl groups is 2. The Morgan fingerprint density at radius 1 is 0.821 bits per heavy atom. The van der Waals surface area contributed by atoms with E-state index in [2.05, 4.69) is 0 Å². The minimum Gasteiger partial charge on any atom is -0.498 e. The van der Waals surface area contributed by atoms with Crippen LogP contribution in [0.2, 0.25) is 0 Å². The van der Waals surface area contributed by atoms with E-state index in [4.69, 9.17) is 28.4 Å². The van der Waals surface area contributed by atoms with Crippen molar-refractivity contribution in [3.63, 3.8) is 0 Å². The first-order chi connectivity index (χ1) is 13.6. The van der Waals surface area contributed by atoms with E-state index in [1.54, 1.807) is 26.4 Å². The van der Waals surface area contributed by atoms with E-state index in [-0.39, 0.29) is 13.2 Å². The van der Waals surface area contributed by atoms with Crippen molar-refractivity contribution < 1.29 is 38.6 Å². The lowest BCUT2D eigenvalue weighted by molar-refractivity contribution is -0.0183. The van der Waals surface area contributed by atoms with E-state index in [0.717, 1.165) is 0 Å². The molecule has 0 fully saturated rings. The van der Waals surface area contributed by atoms with Crippen LogP contribution in [0.1, 0.15) is 11.1 Å². The minimum absolute atomic E-state index is 0.277. The molecule has 0 heterocycles. The molecule has 1 aliphatic rings. The van der Waals surface area contributed by atoms with Crippen LogP contribution in [0.25, 0.3) is 5.57 Å². The molecule has 0 aromatic heterocycles. The second kappa shape index (κ2) is 9.79. The summed E-state index contributed by atoms with van der Waals surface area (Å²) >= 11 is 0. The smallest absolute Gasteiger partial charge is 0.203 e. The third-order valence-electron chi connectivity index (χ3n) is 4.74. The van der Waals surface area contributed by atoms with Crippen LogP contribution in [-0.2, 0) is 20.8 Å². The molecule has 2 N–H and O–H groups in total. The lowest BCUT2D eigenvalue weighted by Crippen LogP contribution is -2.35. The fourth-order valence-electron chi connectivity index (χ4n) is 3.49. The van der Waals surface area contributed by atoms with Gasteiger partial charge in [-0.25, -0.2) is 0 Å². The summed E-state index contributed by atoms with van der Waals surface area (Å²) in [5.74, 6) is 1.57. The molecule has 1 aromatic rings. The van der Waals surface area contributed by atoms with Crippen molar-refractivity contribution in [3.8, 4) is 17.2 Å². The zero-order valence-corrected chi connectivity index (χ0v) is 17.1. The number of benzene rings is 1. The predicted molar refractivity (Wildman–Crippen MR) is 103 cm³/mol. The van der Waals surface area contributed by atoms with E-state index in [1.165, 1.54) is 28.4 Å². The molecule has 2 rings (SSSR count). The first-order valence-electron chi connectivity index (χ1n) is 8.65. The quantitative estimate of drug-likeness (QED) is 0.649. The zero-order chi connectivity index (χ0) is 20.8. The Kier molecular flexibility index (Phi) is 7.70. The highest BCUT2D eigenvalue weighted by Gasteiger charge is 2.37. The molecular formula is C20H28O8. The first-order valence-corrected chi connectivity index (χ1v) is 8.65. The van der Waals surface area contributed by atoms with Crippen LogP contribution in [0.5, 0.6) is 17.2 Å². The Morgan fingerprint density at radius 3 is 1.93 bits per heavy atom. The van der Waals surface area contributed by atoms with Crippen molar-refractivity contribution in [2.24, 2.45) is 0 Å². The minimum atomic E-state index is -0.551. The van der Waals surface area contributed by atoms with E-state index in [9.17, 15) is 10.2 Å². The van der Waals surface area contributed by atoms with Crippen molar-refractivity contribution in [1.29, 1.82) is 0 Å². The van der Waals surface area contributed by atoms with Crippen LogP contribution < -0.4 is 14.2 Å². The van der Waals surface area contributed by atoms with Crippen molar-refractivity contribution in [2.75, 3.05) is 49.3 Å². The van der Waals surface area contributed by atoms with Crippen LogP contribution in [-0.4, -0.2) is 71.7 Å². The van der Waals surface area contributed by atoms with Crippen molar-refractivity contribution in [3.05, 3.63) is 34.6 Å². The molecule has 0 radical (unpaired) electrons. The lowest BCUT2D eigenvalue weighted by Gasteiger charge is -2.33. The van der Waals surface area contributed by atoms with E-state index >= 15 is 0 Å². The summed E-state index contributed by atoms with van der Waals surface area (Å²) in [5, 5.41) is 20.1. The molecule has 0 saturated carbocycles. The topological polar surface area (TPSA) is 95.8 Å². The fraction of sp³-hybridized carbons (Fsp3) is 0.500. The van der Waals surface area contributed by atoms with Gasteiger partial charge in [-0.3, -0.25) is 0 Å². The molecule has 2 unspecified atom stereocenters. The maximum Gasteiger partial charge on any atom is 0.203 e. The van der Waals surface area contributed by atoms with Crippen LogP contribution >= 0.6 is 0 Å². The number of hydrogen-bond donors (Lipinski definition) is 2. The van der Waals surface area contributed by atoms with Gasteiger partial charge >= 0.3 is 0 Å². The Labute approximate surface area is 164 Å². The zero-order valence-electron chi connectivity index (χ0n) is 17.1. The first kappa shape index (κ1) is 22.0. The van der Waals surface area contributed by atoms with Crippen LogP contribution in [0.3, 0.4) is 0 Å². The molecule has 156 valence electrons. The normalized spacial score (nSPS) is 19.4. The summed E-state index contributed by atoms with van der Waals surface area (Å²) < 4.78 is 33.2. The van der Waals surface area contributed by atoms with Crippen LogP contribution in [0, 0.1) is 0 Å². The van der Waals surface area contributed by atoms with Gasteiger partial charge in [0.15, 0.2) is 11.5 Å². The van der Waals surface area contributed by atoms with Gasteiger partial charge in [-0.15, -0.1) is 0 Å². The van der Waals surface area contributed by atoms with E-state index < -0.39 is 12.2 Å². The lowest BCUT2D eigenvalue weighted by atomic mass is 9.85. The number of aliphatic hydroxyl groups excluding tert-OH is 2. The third-order valence-corrected chi connectivity index (χ3v) is 4.74. The predicted octanol–water partition coefficient (Wildman–Crippen LogP) is 1.52. The second-order valence-electron chi connectivity index (χ2n) is 5.99. The average Bonchev–Trinajstić information content (AvgIpc) is 2.75. The van der Waals surface area contributed by atoms with Gasteiger partial charge in [0.05, 0.1) is 41.7 Å². The molecule has 0 bridgehead atoms. The standard InChI is InChI=1S/C20H28O8/c1-23-13-7-11(9-21)15(19(27-5)17(13)25-3)16-12(10-22)8-14(24-2)18(26-4)20(16)28-6/h7-8,13,17,21-22H,9-10H2,1-6H3. The summed E-state index contributed by atoms with van der Waals surface area (Å²) in [6, 6.07) is 1.66. The highest BCUT2D eigenvalue weighted by atomic mass is 16.6. The van der Waals surface area contributed by atoms with Gasteiger partial charge in [0, 0.05) is 25.4 Å². The Hall–Kier alpha value is -2.26. The maximum atomic E-state index is 10.0. The maximum absolute atomic E-state index is 10.0. The van der Waals surface area contributed by atoms with Gasteiger partial charge in [0.1, 0.15) is 18.0 Å². The number of hydrogen-bond acceptors (Lipinski definition) is 8. The van der Waals surface area contributed by atoms with Gasteiger partial charge in [0.25, 0.3) is 0 Å². The molecule has 0 amide bonds. The van der Waals surface area contributed by atoms with Gasteiger partial charge < -0.3 is 38.6 Å². The van der Waals surface area contributed by atoms with Crippen molar-refractivity contribution in [2.45, 2.75) is 18.8 Å². The Bertz CT molecular complexity index is 753. The molecule has 0 aliphatic heterocycles. The molecule has 1 aliphatic carbocycles. The van der Waals surface area contributed by atoms with Gasteiger partial charge in [-0.1, -0.05) is 0 Å². The van der Waals surface area contributed by atoms with Gasteiger partial charge in [-0.2, -0.15) is 0 Å². The average molecular weight is 396 g/mol. The van der Waals surface area contributed by atoms with Crippen molar-refractivity contribution in [1.82, 2.24) is 0 Å². The number of methoxy groups -OCH3 is 6. The summed E-state index contributed by atoms with van der Waals surface area (Å²) in [4.78, 5) is 0. The molecule has 0 spiro atoms. The van der Waals surface area contributed by atoms with Gasteiger partial charge in [-0.05, 0) is 23.3 Å². The van der Waals surface area contributed by atoms with Crippen molar-refractivity contribution >= 4 is 5.57 Å². The van der Waals surface area contributed by atoms with Gasteiger partial charge in [0.2, 0.25) is 5.75 Å². The van der Waals surface area contributed by atoms with E-state index in [1.807, 2.05) is 0 Å². The second-order valence-corrected chi connectivity index (χ2v) is 5.99. The van der Waals surface area contributed by atoms with E-state index in [0.29, 0.717) is 45.3 Å². The summed E-state index contributed by atoms with van der Waals surface area (Å²) in [7, 11) is 9.10. The SMILES string of the molecule is COC1=C(c2c(CO)cc(OC)c(OC)c2OC)C(CO)=CC(OC)C1OC.